The fourth-order valence-corrected chi connectivity index (χ4v) is 6.63. The number of halogens is 1. The maximum atomic E-state index is 13.4. The molecule has 1 aliphatic carbocycles. The standard InChI is InChI=1S/C28H36ClN3O5S/c1-15-10-23(38-5)21(27(34)31-15)12-30-26(33)20-11-22(29)25-24(16(20)2)36-28(3,37-25)17-6-8-18(9-7-17)32-13-19(14-32)35-4/h10-11,17-19H,6-9,12-14H2,1-5H3,(H,30,33)(H,31,34)/i12D2. The molecular formula is C28H36ClN3O5S. The third kappa shape index (κ3) is 5.06. The maximum absolute atomic E-state index is 13.4. The molecule has 1 unspecified atom stereocenters. The summed E-state index contributed by atoms with van der Waals surface area (Å²) < 4.78 is 35.3. The van der Waals surface area contributed by atoms with Gasteiger partial charge in [-0.05, 0) is 57.9 Å². The van der Waals surface area contributed by atoms with E-state index in [4.69, 9.17) is 28.6 Å². The molecule has 1 atom stereocenters. The van der Waals surface area contributed by atoms with Crippen LogP contribution in [0.1, 0.15) is 62.5 Å². The average molecular weight is 564 g/mol. The van der Waals surface area contributed by atoms with Crippen LogP contribution in [0, 0.1) is 19.8 Å². The van der Waals surface area contributed by atoms with E-state index >= 15 is 0 Å². The number of nitrogens with zero attached hydrogens (tertiary/aromatic N) is 1. The Balaban J connectivity index is 1.32. The summed E-state index contributed by atoms with van der Waals surface area (Å²) in [7, 11) is 1.76. The summed E-state index contributed by atoms with van der Waals surface area (Å²) >= 11 is 7.84. The van der Waals surface area contributed by atoms with Gasteiger partial charge in [0.1, 0.15) is 0 Å². The zero-order chi connectivity index (χ0) is 29.0. The lowest BCUT2D eigenvalue weighted by molar-refractivity contribution is -0.130. The van der Waals surface area contributed by atoms with Crippen LogP contribution in [-0.2, 0) is 11.2 Å². The predicted octanol–water partition coefficient (Wildman–Crippen LogP) is 4.67. The number of aryl methyl sites for hydroxylation is 1. The van der Waals surface area contributed by atoms with Gasteiger partial charge in [0.15, 0.2) is 11.5 Å². The molecule has 0 spiro atoms. The summed E-state index contributed by atoms with van der Waals surface area (Å²) in [6.07, 6.45) is 6.06. The summed E-state index contributed by atoms with van der Waals surface area (Å²) in [5, 5.41) is 2.61. The Morgan fingerprint density at radius 2 is 1.95 bits per heavy atom. The molecule has 2 aliphatic heterocycles. The number of benzene rings is 1. The highest BCUT2D eigenvalue weighted by Crippen LogP contribution is 2.51. The number of amides is 1. The van der Waals surface area contributed by atoms with Crippen LogP contribution in [0.15, 0.2) is 21.8 Å². The number of carbonyl (C=O) groups is 1. The lowest BCUT2D eigenvalue weighted by Crippen LogP contribution is -2.57. The van der Waals surface area contributed by atoms with Gasteiger partial charge in [0.05, 0.1) is 13.9 Å². The lowest BCUT2D eigenvalue weighted by atomic mass is 9.80. The zero-order valence-electron chi connectivity index (χ0n) is 24.4. The van der Waals surface area contributed by atoms with E-state index in [1.165, 1.54) is 17.8 Å². The molecular weight excluding hydrogens is 526 g/mol. The van der Waals surface area contributed by atoms with E-state index < -0.39 is 23.8 Å². The van der Waals surface area contributed by atoms with Gasteiger partial charge in [-0.1, -0.05) is 11.6 Å². The second-order valence-electron chi connectivity index (χ2n) is 10.5. The summed E-state index contributed by atoms with van der Waals surface area (Å²) in [5.41, 5.74) is 0.523. The summed E-state index contributed by atoms with van der Waals surface area (Å²) in [5.74, 6) is -0.686. The molecule has 1 amide bonds. The summed E-state index contributed by atoms with van der Waals surface area (Å²) in [6, 6.07) is 3.69. The number of likely N-dealkylation sites (tertiary alicyclic amines) is 1. The first-order chi connectivity index (χ1) is 18.9. The molecule has 8 nitrogen and oxygen atoms in total. The van der Waals surface area contributed by atoms with Gasteiger partial charge < -0.3 is 24.5 Å². The van der Waals surface area contributed by atoms with Crippen molar-refractivity contribution in [3.05, 3.63) is 49.9 Å². The van der Waals surface area contributed by atoms with Crippen molar-refractivity contribution in [2.45, 2.75) is 75.8 Å². The molecule has 2 N–H and O–H groups in total. The molecule has 0 radical (unpaired) electrons. The Morgan fingerprint density at radius 1 is 1.26 bits per heavy atom. The summed E-state index contributed by atoms with van der Waals surface area (Å²) in [6.45, 7) is 4.91. The molecule has 1 aromatic heterocycles. The average Bonchev–Trinajstić information content (AvgIpc) is 3.24. The largest absolute Gasteiger partial charge is 0.448 e. The highest BCUT2D eigenvalue weighted by atomic mass is 35.5. The number of hydrogen-bond acceptors (Lipinski definition) is 7. The van der Waals surface area contributed by atoms with E-state index in [2.05, 4.69) is 15.2 Å². The number of aromatic amines is 1. The molecule has 2 fully saturated rings. The second kappa shape index (κ2) is 10.8. The second-order valence-corrected chi connectivity index (χ2v) is 11.8. The molecule has 5 rings (SSSR count). The van der Waals surface area contributed by atoms with Gasteiger partial charge in [-0.3, -0.25) is 14.5 Å². The van der Waals surface area contributed by atoms with Crippen molar-refractivity contribution >= 4 is 29.3 Å². The topological polar surface area (TPSA) is 92.9 Å². The lowest BCUT2D eigenvalue weighted by Gasteiger charge is -2.47. The minimum Gasteiger partial charge on any atom is -0.448 e. The smallest absolute Gasteiger partial charge is 0.254 e. The molecule has 1 saturated heterocycles. The highest BCUT2D eigenvalue weighted by Gasteiger charge is 2.48. The number of ether oxygens (including phenoxy) is 3. The fourth-order valence-electron chi connectivity index (χ4n) is 5.75. The predicted molar refractivity (Wildman–Crippen MR) is 149 cm³/mol. The van der Waals surface area contributed by atoms with Crippen LogP contribution in [0.2, 0.25) is 5.02 Å². The molecule has 206 valence electrons. The van der Waals surface area contributed by atoms with Crippen LogP contribution < -0.4 is 20.3 Å². The number of rotatable bonds is 7. The molecule has 0 bridgehead atoms. The van der Waals surface area contributed by atoms with Gasteiger partial charge in [-0.2, -0.15) is 0 Å². The van der Waals surface area contributed by atoms with E-state index in [-0.39, 0.29) is 22.1 Å². The number of pyridine rings is 1. The van der Waals surface area contributed by atoms with Crippen molar-refractivity contribution in [3.8, 4) is 11.5 Å². The summed E-state index contributed by atoms with van der Waals surface area (Å²) in [4.78, 5) is 31.6. The Kier molecular flexibility index (Phi) is 7.02. The highest BCUT2D eigenvalue weighted by molar-refractivity contribution is 7.98. The van der Waals surface area contributed by atoms with Gasteiger partial charge in [-0.15, -0.1) is 11.8 Å². The third-order valence-electron chi connectivity index (χ3n) is 8.11. The van der Waals surface area contributed by atoms with Gasteiger partial charge in [0.25, 0.3) is 17.3 Å². The van der Waals surface area contributed by atoms with Gasteiger partial charge in [0, 0.05) is 72.9 Å². The first kappa shape index (κ1) is 24.8. The molecule has 3 aliphatic rings. The van der Waals surface area contributed by atoms with Crippen LogP contribution >= 0.6 is 23.4 Å². The Bertz CT molecular complexity index is 1370. The van der Waals surface area contributed by atoms with Crippen molar-refractivity contribution in [2.24, 2.45) is 5.92 Å². The van der Waals surface area contributed by atoms with Crippen molar-refractivity contribution in [3.63, 3.8) is 0 Å². The van der Waals surface area contributed by atoms with Crippen LogP contribution in [0.3, 0.4) is 0 Å². The number of carbonyl (C=O) groups excluding carboxylic acids is 1. The number of thioether (sulfide) groups is 1. The maximum Gasteiger partial charge on any atom is 0.254 e. The van der Waals surface area contributed by atoms with Crippen molar-refractivity contribution < 1.29 is 21.7 Å². The SMILES string of the molecule is [2H]C([2H])(NC(=O)c1cc(Cl)c2c(c1C)OC(C)(C1CCC(N3CC(OC)C3)CC1)O2)c1c(SC)cc(C)[nH]c1=O. The van der Waals surface area contributed by atoms with Crippen molar-refractivity contribution in [1.82, 2.24) is 15.2 Å². The normalized spacial score (nSPS) is 26.5. The van der Waals surface area contributed by atoms with Crippen LogP contribution in [-0.4, -0.2) is 60.2 Å². The number of aromatic nitrogens is 1. The first-order valence-corrected chi connectivity index (χ1v) is 14.6. The fraction of sp³-hybridized carbons (Fsp3) is 0.571. The van der Waals surface area contributed by atoms with Crippen molar-refractivity contribution in [1.29, 1.82) is 0 Å². The van der Waals surface area contributed by atoms with E-state index in [0.717, 1.165) is 38.8 Å². The van der Waals surface area contributed by atoms with Gasteiger partial charge in [0.2, 0.25) is 0 Å². The molecule has 2 aromatic rings. The van der Waals surface area contributed by atoms with Crippen LogP contribution in [0.5, 0.6) is 11.5 Å². The Hall–Kier alpha value is -2.20. The van der Waals surface area contributed by atoms with E-state index in [1.54, 1.807) is 33.3 Å². The van der Waals surface area contributed by atoms with Crippen LogP contribution in [0.4, 0.5) is 0 Å². The minimum absolute atomic E-state index is 0.149. The Morgan fingerprint density at radius 3 is 2.61 bits per heavy atom. The minimum atomic E-state index is -2.43. The third-order valence-corrected chi connectivity index (χ3v) is 9.15. The zero-order valence-corrected chi connectivity index (χ0v) is 24.0. The molecule has 1 saturated carbocycles. The first-order valence-electron chi connectivity index (χ1n) is 14.0. The molecule has 38 heavy (non-hydrogen) atoms. The van der Waals surface area contributed by atoms with Gasteiger partial charge in [-0.25, -0.2) is 0 Å². The van der Waals surface area contributed by atoms with Crippen LogP contribution in [0.25, 0.3) is 0 Å². The molecule has 10 heteroatoms. The quantitative estimate of drug-likeness (QED) is 0.473. The molecule has 1 aromatic carbocycles. The van der Waals surface area contributed by atoms with E-state index in [0.29, 0.717) is 39.8 Å². The number of methoxy groups -OCH3 is 1. The van der Waals surface area contributed by atoms with E-state index in [9.17, 15) is 9.59 Å². The molecule has 3 heterocycles. The van der Waals surface area contributed by atoms with Gasteiger partial charge >= 0.3 is 0 Å². The van der Waals surface area contributed by atoms with E-state index in [1.807, 2.05) is 6.92 Å². The number of nitrogens with one attached hydrogen (secondary N) is 2. The number of H-pyrrole nitrogens is 1. The number of fused-ring (bicyclic) bond motifs is 1. The Labute approximate surface area is 235 Å². The number of hydrogen-bond donors (Lipinski definition) is 2. The monoisotopic (exact) mass is 563 g/mol. The van der Waals surface area contributed by atoms with Crippen molar-refractivity contribution in [2.75, 3.05) is 26.5 Å².